The summed E-state index contributed by atoms with van der Waals surface area (Å²) in [7, 11) is 1.97. The van der Waals surface area contributed by atoms with Gasteiger partial charge in [-0.1, -0.05) is 41.5 Å². The van der Waals surface area contributed by atoms with Crippen LogP contribution in [0.5, 0.6) is 0 Å². The molecule has 0 saturated heterocycles. The van der Waals surface area contributed by atoms with Crippen LogP contribution in [-0.2, 0) is 14.1 Å². The molecule has 2 aromatic heterocycles. The summed E-state index contributed by atoms with van der Waals surface area (Å²) in [6.07, 6.45) is 7.93. The van der Waals surface area contributed by atoms with Crippen molar-refractivity contribution in [2.24, 2.45) is 14.1 Å². The fraction of sp³-hybridized carbons (Fsp3) is 0.625. The third kappa shape index (κ3) is 2.18. The van der Waals surface area contributed by atoms with Gasteiger partial charge in [-0.3, -0.25) is 0 Å². The van der Waals surface area contributed by atoms with Gasteiger partial charge in [-0.15, -0.1) is 0 Å². The average Bonchev–Trinajstić information content (AvgIpc) is 2.87. The molecule has 0 N–H and O–H groups in total. The molecule has 21 heavy (non-hydrogen) atoms. The minimum Gasteiger partial charge on any atom is -0.342 e. The highest BCUT2D eigenvalue weighted by atomic mass is 28.3. The highest BCUT2D eigenvalue weighted by Crippen LogP contribution is 2.49. The van der Waals surface area contributed by atoms with Crippen LogP contribution in [0.25, 0.3) is 0 Å². The van der Waals surface area contributed by atoms with E-state index < -0.39 is 8.07 Å². The molecule has 0 aliphatic carbocycles. The first-order valence-corrected chi connectivity index (χ1v) is 9.49. The lowest BCUT2D eigenvalue weighted by molar-refractivity contribution is 0.623. The zero-order valence-electron chi connectivity index (χ0n) is 14.6. The topological polar surface area (TPSA) is 35.6 Å². The number of aryl methyl sites for hydroxylation is 2. The fourth-order valence-electron chi connectivity index (χ4n) is 4.02. The summed E-state index contributed by atoms with van der Waals surface area (Å²) in [6.45, 7) is 14.0. The summed E-state index contributed by atoms with van der Waals surface area (Å²) in [5, 5.41) is 0.201. The van der Waals surface area contributed by atoms with Gasteiger partial charge >= 0.3 is 0 Å². The Morgan fingerprint density at radius 3 is 1.29 bits per heavy atom. The highest BCUT2D eigenvalue weighted by molar-refractivity contribution is 7.04. The Bertz CT molecular complexity index is 569. The largest absolute Gasteiger partial charge is 0.342 e. The van der Waals surface area contributed by atoms with Gasteiger partial charge in [0, 0.05) is 38.9 Å². The van der Waals surface area contributed by atoms with Crippen LogP contribution in [0.3, 0.4) is 0 Å². The van der Waals surface area contributed by atoms with Crippen LogP contribution >= 0.6 is 0 Å². The van der Waals surface area contributed by atoms with Gasteiger partial charge in [0.25, 0.3) is 0 Å². The molecule has 0 aliphatic rings. The molecular formula is C16H28N4Si. The van der Waals surface area contributed by atoms with Crippen LogP contribution in [0, 0.1) is 0 Å². The standard InChI is InChI=1S/C16H28N4Si/c1-15(2,3)21(16(4,5)6,13-17-9-11-19(13)7)14-18-10-12-20(14)8/h9-12H,1-8H3. The molecule has 0 unspecified atom stereocenters. The zero-order chi connectivity index (χ0) is 16.1. The summed E-state index contributed by atoms with van der Waals surface area (Å²) in [5.74, 6) is 0. The summed E-state index contributed by atoms with van der Waals surface area (Å²) < 4.78 is 4.38. The number of aromatic nitrogens is 4. The number of imidazole rings is 2. The molecule has 4 nitrogen and oxygen atoms in total. The van der Waals surface area contributed by atoms with Crippen molar-refractivity contribution < 1.29 is 0 Å². The molecule has 2 heterocycles. The lowest BCUT2D eigenvalue weighted by Crippen LogP contribution is -2.73. The number of rotatable bonds is 2. The normalized spacial score (nSPS) is 13.7. The van der Waals surface area contributed by atoms with Gasteiger partial charge in [0.1, 0.15) is 0 Å². The van der Waals surface area contributed by atoms with Crippen LogP contribution in [0.15, 0.2) is 24.8 Å². The monoisotopic (exact) mass is 304 g/mol. The van der Waals surface area contributed by atoms with Crippen molar-refractivity contribution in [1.29, 1.82) is 0 Å². The van der Waals surface area contributed by atoms with Crippen molar-refractivity contribution in [3.8, 4) is 0 Å². The first kappa shape index (κ1) is 16.0. The molecule has 0 atom stereocenters. The molecule has 2 rings (SSSR count). The van der Waals surface area contributed by atoms with Gasteiger partial charge in [0.05, 0.1) is 10.9 Å². The van der Waals surface area contributed by atoms with Crippen LogP contribution in [0.4, 0.5) is 0 Å². The highest BCUT2D eigenvalue weighted by Gasteiger charge is 2.60. The smallest absolute Gasteiger partial charge is 0.217 e. The van der Waals surface area contributed by atoms with E-state index in [-0.39, 0.29) is 10.1 Å². The maximum atomic E-state index is 4.79. The first-order chi connectivity index (χ1) is 9.53. The van der Waals surface area contributed by atoms with E-state index in [1.807, 2.05) is 12.4 Å². The minimum atomic E-state index is -2.23. The molecule has 0 amide bonds. The Morgan fingerprint density at radius 1 is 0.762 bits per heavy atom. The third-order valence-electron chi connectivity index (χ3n) is 4.56. The van der Waals surface area contributed by atoms with E-state index in [0.717, 1.165) is 0 Å². The molecule has 5 heteroatoms. The van der Waals surface area contributed by atoms with Gasteiger partial charge in [0.15, 0.2) is 0 Å². The van der Waals surface area contributed by atoms with Gasteiger partial charge < -0.3 is 9.13 Å². The fourth-order valence-corrected chi connectivity index (χ4v) is 10.9. The molecular weight excluding hydrogens is 276 g/mol. The number of hydrogen-bond donors (Lipinski definition) is 0. The molecule has 0 spiro atoms. The maximum absolute atomic E-state index is 4.79. The SMILES string of the molecule is Cn1ccnc1[Si](c1nccn1C)(C(C)(C)C)C(C)(C)C. The molecule has 0 radical (unpaired) electrons. The zero-order valence-corrected chi connectivity index (χ0v) is 15.6. The van der Waals surface area contributed by atoms with E-state index in [9.17, 15) is 0 Å². The molecule has 0 aliphatic heterocycles. The number of nitrogens with zero attached hydrogens (tertiary/aromatic N) is 4. The quantitative estimate of drug-likeness (QED) is 0.798. The van der Waals surface area contributed by atoms with Crippen LogP contribution in [-0.4, -0.2) is 27.2 Å². The number of hydrogen-bond acceptors (Lipinski definition) is 2. The lowest BCUT2D eigenvalue weighted by Gasteiger charge is -2.49. The first-order valence-electron chi connectivity index (χ1n) is 7.49. The summed E-state index contributed by atoms with van der Waals surface area (Å²) in [5.41, 5.74) is 2.41. The Labute approximate surface area is 129 Å². The Hall–Kier alpha value is -1.36. The van der Waals surface area contributed by atoms with E-state index in [1.165, 1.54) is 10.9 Å². The van der Waals surface area contributed by atoms with E-state index in [4.69, 9.17) is 9.97 Å². The Morgan fingerprint density at radius 2 is 1.10 bits per heavy atom. The van der Waals surface area contributed by atoms with Crippen LogP contribution in [0.1, 0.15) is 41.5 Å². The van der Waals surface area contributed by atoms with Crippen LogP contribution < -0.4 is 10.9 Å². The van der Waals surface area contributed by atoms with Crippen molar-refractivity contribution in [1.82, 2.24) is 19.1 Å². The summed E-state index contributed by atoms with van der Waals surface area (Å²) >= 11 is 0. The van der Waals surface area contributed by atoms with Crippen molar-refractivity contribution in [3.63, 3.8) is 0 Å². The minimum absolute atomic E-state index is 0.101. The van der Waals surface area contributed by atoms with E-state index in [0.29, 0.717) is 0 Å². The molecule has 0 bridgehead atoms. The van der Waals surface area contributed by atoms with E-state index in [2.05, 4.69) is 77.2 Å². The molecule has 116 valence electrons. The molecule has 0 saturated carbocycles. The predicted molar refractivity (Wildman–Crippen MR) is 90.9 cm³/mol. The van der Waals surface area contributed by atoms with Gasteiger partial charge in [-0.25, -0.2) is 9.97 Å². The van der Waals surface area contributed by atoms with Crippen molar-refractivity contribution >= 4 is 19.0 Å². The average molecular weight is 305 g/mol. The molecule has 0 fully saturated rings. The van der Waals surface area contributed by atoms with Gasteiger partial charge in [0.2, 0.25) is 8.07 Å². The summed E-state index contributed by atoms with van der Waals surface area (Å²) in [4.78, 5) is 9.58. The molecule has 2 aromatic rings. The second-order valence-electron chi connectivity index (χ2n) is 7.97. The van der Waals surface area contributed by atoms with Crippen molar-refractivity contribution in [2.75, 3.05) is 0 Å². The van der Waals surface area contributed by atoms with E-state index in [1.54, 1.807) is 0 Å². The predicted octanol–water partition coefficient (Wildman–Crippen LogP) is 2.32. The second kappa shape index (κ2) is 4.83. The lowest BCUT2D eigenvalue weighted by atomic mass is 10.2. The van der Waals surface area contributed by atoms with Crippen molar-refractivity contribution in [2.45, 2.75) is 51.6 Å². The Balaban J connectivity index is 2.94. The third-order valence-corrected chi connectivity index (χ3v) is 11.4. The van der Waals surface area contributed by atoms with Gasteiger partial charge in [-0.2, -0.15) is 0 Å². The van der Waals surface area contributed by atoms with Crippen LogP contribution in [0.2, 0.25) is 10.1 Å². The maximum Gasteiger partial charge on any atom is 0.217 e. The Kier molecular flexibility index (Phi) is 3.69. The van der Waals surface area contributed by atoms with E-state index >= 15 is 0 Å². The second-order valence-corrected chi connectivity index (χ2v) is 13.4. The van der Waals surface area contributed by atoms with Gasteiger partial charge in [-0.05, 0) is 10.1 Å². The summed E-state index contributed by atoms with van der Waals surface area (Å²) in [6, 6.07) is 0. The van der Waals surface area contributed by atoms with Crippen molar-refractivity contribution in [3.05, 3.63) is 24.8 Å². The molecule has 0 aromatic carbocycles.